The molecule has 0 aliphatic carbocycles. The van der Waals surface area contributed by atoms with E-state index in [1.54, 1.807) is 23.5 Å². The number of hydrogen-bond donors (Lipinski definition) is 0. The molecule has 0 aliphatic heterocycles. The minimum absolute atomic E-state index is 0.344. The van der Waals surface area contributed by atoms with Crippen molar-refractivity contribution < 1.29 is 8.42 Å². The Hall–Kier alpha value is -1.17. The SMILES string of the molecule is CS(=O)(=O)c1ccc(-c2c(Br)sc3ccccc23)cc1. The van der Waals surface area contributed by atoms with E-state index in [1.165, 1.54) is 16.3 Å². The van der Waals surface area contributed by atoms with Crippen molar-refractivity contribution in [3.8, 4) is 11.1 Å². The van der Waals surface area contributed by atoms with Crippen molar-refractivity contribution in [2.24, 2.45) is 0 Å². The molecule has 1 heterocycles. The Labute approximate surface area is 130 Å². The first kappa shape index (κ1) is 13.8. The van der Waals surface area contributed by atoms with Crippen molar-refractivity contribution in [3.63, 3.8) is 0 Å². The van der Waals surface area contributed by atoms with Crippen LogP contribution < -0.4 is 0 Å². The molecule has 0 amide bonds. The molecule has 1 aromatic heterocycles. The zero-order chi connectivity index (χ0) is 14.3. The van der Waals surface area contributed by atoms with Gasteiger partial charge in [0.2, 0.25) is 0 Å². The Kier molecular flexibility index (Phi) is 3.44. The fraction of sp³-hybridized carbons (Fsp3) is 0.0667. The first-order valence-corrected chi connectivity index (χ1v) is 9.44. The Morgan fingerprint density at radius 2 is 1.65 bits per heavy atom. The van der Waals surface area contributed by atoms with Gasteiger partial charge in [0.15, 0.2) is 9.84 Å². The van der Waals surface area contributed by atoms with Gasteiger partial charge in [0, 0.05) is 21.9 Å². The molecule has 0 N–H and O–H groups in total. The molecule has 0 bridgehead atoms. The molecule has 0 atom stereocenters. The van der Waals surface area contributed by atoms with Crippen molar-refractivity contribution >= 4 is 47.2 Å². The van der Waals surface area contributed by atoms with Crippen LogP contribution in [0.15, 0.2) is 57.2 Å². The highest BCUT2D eigenvalue weighted by Crippen LogP contribution is 2.42. The molecule has 0 aliphatic rings. The zero-order valence-corrected chi connectivity index (χ0v) is 13.8. The number of rotatable bonds is 2. The van der Waals surface area contributed by atoms with Crippen LogP contribution in [0.1, 0.15) is 0 Å². The van der Waals surface area contributed by atoms with Crippen LogP contribution >= 0.6 is 27.3 Å². The molecule has 3 rings (SSSR count). The predicted octanol–water partition coefficient (Wildman–Crippen LogP) is 4.73. The summed E-state index contributed by atoms with van der Waals surface area (Å²) in [5.41, 5.74) is 2.13. The van der Waals surface area contributed by atoms with E-state index in [2.05, 4.69) is 28.1 Å². The van der Waals surface area contributed by atoms with E-state index in [0.717, 1.165) is 14.9 Å². The molecule has 0 spiro atoms. The third-order valence-electron chi connectivity index (χ3n) is 3.12. The number of hydrogen-bond acceptors (Lipinski definition) is 3. The van der Waals surface area contributed by atoms with Gasteiger partial charge >= 0.3 is 0 Å². The van der Waals surface area contributed by atoms with E-state index in [-0.39, 0.29) is 0 Å². The summed E-state index contributed by atoms with van der Waals surface area (Å²) in [6.07, 6.45) is 1.22. The smallest absolute Gasteiger partial charge is 0.175 e. The monoisotopic (exact) mass is 366 g/mol. The molecule has 0 unspecified atom stereocenters. The minimum atomic E-state index is -3.15. The molecule has 0 fully saturated rings. The normalized spacial score (nSPS) is 11.9. The van der Waals surface area contributed by atoms with Crippen LogP contribution in [0, 0.1) is 0 Å². The van der Waals surface area contributed by atoms with Crippen LogP contribution in [0.3, 0.4) is 0 Å². The summed E-state index contributed by atoms with van der Waals surface area (Å²) in [5.74, 6) is 0. The summed E-state index contributed by atoms with van der Waals surface area (Å²) >= 11 is 5.29. The van der Waals surface area contributed by atoms with Crippen LogP contribution in [-0.4, -0.2) is 14.7 Å². The molecule has 3 aromatic rings. The summed E-state index contributed by atoms with van der Waals surface area (Å²) in [7, 11) is -3.15. The van der Waals surface area contributed by atoms with Gasteiger partial charge in [-0.05, 0) is 39.7 Å². The summed E-state index contributed by atoms with van der Waals surface area (Å²) in [4.78, 5) is 0.344. The molecule has 0 saturated heterocycles. The summed E-state index contributed by atoms with van der Waals surface area (Å²) < 4.78 is 25.3. The molecule has 0 radical (unpaired) electrons. The van der Waals surface area contributed by atoms with Gasteiger partial charge in [0.25, 0.3) is 0 Å². The van der Waals surface area contributed by atoms with Crippen LogP contribution in [0.5, 0.6) is 0 Å². The topological polar surface area (TPSA) is 34.1 Å². The van der Waals surface area contributed by atoms with Crippen molar-refractivity contribution in [2.45, 2.75) is 4.90 Å². The number of thiophene rings is 1. The molecular formula is C15H11BrO2S2. The second-order valence-corrected chi connectivity index (χ2v) is 8.93. The number of halogens is 1. The van der Waals surface area contributed by atoms with Gasteiger partial charge in [-0.3, -0.25) is 0 Å². The number of sulfone groups is 1. The van der Waals surface area contributed by atoms with Gasteiger partial charge in [-0.1, -0.05) is 30.3 Å². The minimum Gasteiger partial charge on any atom is -0.224 e. The Bertz CT molecular complexity index is 878. The highest BCUT2D eigenvalue weighted by Gasteiger charge is 2.13. The molecular weight excluding hydrogens is 356 g/mol. The number of fused-ring (bicyclic) bond motifs is 1. The fourth-order valence-electron chi connectivity index (χ4n) is 2.15. The first-order valence-electron chi connectivity index (χ1n) is 5.94. The van der Waals surface area contributed by atoms with Crippen LogP contribution in [0.4, 0.5) is 0 Å². The zero-order valence-electron chi connectivity index (χ0n) is 10.6. The molecule has 2 nitrogen and oxygen atoms in total. The van der Waals surface area contributed by atoms with Crippen molar-refractivity contribution in [2.75, 3.05) is 6.26 Å². The average Bonchev–Trinajstić information content (AvgIpc) is 2.73. The average molecular weight is 367 g/mol. The lowest BCUT2D eigenvalue weighted by Gasteiger charge is -2.03. The Morgan fingerprint density at radius 1 is 1.00 bits per heavy atom. The highest BCUT2D eigenvalue weighted by molar-refractivity contribution is 9.11. The van der Waals surface area contributed by atoms with E-state index in [0.29, 0.717) is 4.90 Å². The second kappa shape index (κ2) is 4.98. The van der Waals surface area contributed by atoms with Gasteiger partial charge in [-0.2, -0.15) is 0 Å². The number of benzene rings is 2. The van der Waals surface area contributed by atoms with E-state index in [9.17, 15) is 8.42 Å². The van der Waals surface area contributed by atoms with Crippen LogP contribution in [0.25, 0.3) is 21.2 Å². The third-order valence-corrected chi connectivity index (χ3v) is 6.09. The lowest BCUT2D eigenvalue weighted by atomic mass is 10.1. The van der Waals surface area contributed by atoms with E-state index >= 15 is 0 Å². The summed E-state index contributed by atoms with van der Waals surface area (Å²) in [6.45, 7) is 0. The third kappa shape index (κ3) is 2.41. The predicted molar refractivity (Wildman–Crippen MR) is 88.1 cm³/mol. The van der Waals surface area contributed by atoms with Gasteiger partial charge in [0.05, 0.1) is 8.68 Å². The van der Waals surface area contributed by atoms with Crippen LogP contribution in [0.2, 0.25) is 0 Å². The lowest BCUT2D eigenvalue weighted by Crippen LogP contribution is -1.96. The van der Waals surface area contributed by atoms with Gasteiger partial charge in [-0.15, -0.1) is 11.3 Å². The standard InChI is InChI=1S/C15H11BrO2S2/c1-20(17,18)11-8-6-10(7-9-11)14-12-4-2-3-5-13(12)19-15(14)16/h2-9H,1H3. The molecule has 5 heteroatoms. The Balaban J connectivity index is 2.19. The highest BCUT2D eigenvalue weighted by atomic mass is 79.9. The maximum Gasteiger partial charge on any atom is 0.175 e. The van der Waals surface area contributed by atoms with Crippen molar-refractivity contribution in [3.05, 3.63) is 52.3 Å². The van der Waals surface area contributed by atoms with Crippen LogP contribution in [-0.2, 0) is 9.84 Å². The fourth-order valence-corrected chi connectivity index (χ4v) is 4.70. The van der Waals surface area contributed by atoms with E-state index in [4.69, 9.17) is 0 Å². The summed E-state index contributed by atoms with van der Waals surface area (Å²) in [5, 5.41) is 1.18. The quantitative estimate of drug-likeness (QED) is 0.656. The molecule has 20 heavy (non-hydrogen) atoms. The van der Waals surface area contributed by atoms with E-state index < -0.39 is 9.84 Å². The van der Waals surface area contributed by atoms with Gasteiger partial charge in [-0.25, -0.2) is 8.42 Å². The summed E-state index contributed by atoms with van der Waals surface area (Å²) in [6, 6.07) is 15.2. The first-order chi connectivity index (χ1) is 9.47. The largest absolute Gasteiger partial charge is 0.224 e. The lowest BCUT2D eigenvalue weighted by molar-refractivity contribution is 0.602. The molecule has 2 aromatic carbocycles. The van der Waals surface area contributed by atoms with E-state index in [1.807, 2.05) is 24.3 Å². The van der Waals surface area contributed by atoms with Crippen molar-refractivity contribution in [1.29, 1.82) is 0 Å². The van der Waals surface area contributed by atoms with Gasteiger partial charge < -0.3 is 0 Å². The maximum absolute atomic E-state index is 11.5. The van der Waals surface area contributed by atoms with Gasteiger partial charge in [0.1, 0.15) is 0 Å². The molecule has 0 saturated carbocycles. The second-order valence-electron chi connectivity index (χ2n) is 4.54. The Morgan fingerprint density at radius 3 is 2.30 bits per heavy atom. The van der Waals surface area contributed by atoms with Crippen molar-refractivity contribution in [1.82, 2.24) is 0 Å². The maximum atomic E-state index is 11.5. The molecule has 102 valence electrons.